The van der Waals surface area contributed by atoms with Gasteiger partial charge >= 0.3 is 0 Å². The summed E-state index contributed by atoms with van der Waals surface area (Å²) in [5, 5.41) is 0.610. The summed E-state index contributed by atoms with van der Waals surface area (Å²) < 4.78 is 10.8. The van der Waals surface area contributed by atoms with E-state index in [1.54, 1.807) is 24.3 Å². The van der Waals surface area contributed by atoms with Crippen molar-refractivity contribution in [2.24, 2.45) is 0 Å². The molecule has 0 aliphatic carbocycles. The second-order valence-corrected chi connectivity index (χ2v) is 8.55. The first-order valence-electron chi connectivity index (χ1n) is 10.8. The largest absolute Gasteiger partial charge is 0.454 e. The predicted octanol–water partition coefficient (Wildman–Crippen LogP) is 2.71. The van der Waals surface area contributed by atoms with Gasteiger partial charge in [0.25, 0.3) is 5.56 Å². The third-order valence-corrected chi connectivity index (χ3v) is 6.15. The van der Waals surface area contributed by atoms with Gasteiger partial charge in [0, 0.05) is 55.1 Å². The maximum Gasteiger partial charge on any atom is 0.254 e. The molecule has 0 bridgehead atoms. The summed E-state index contributed by atoms with van der Waals surface area (Å²) in [5.74, 6) is 1.94. The highest BCUT2D eigenvalue weighted by atomic mass is 35.5. The second-order valence-electron chi connectivity index (χ2n) is 8.11. The van der Waals surface area contributed by atoms with E-state index in [1.807, 2.05) is 23.1 Å². The van der Waals surface area contributed by atoms with E-state index in [0.717, 1.165) is 42.3 Å². The van der Waals surface area contributed by atoms with Gasteiger partial charge in [-0.25, -0.2) is 4.98 Å². The van der Waals surface area contributed by atoms with E-state index in [0.29, 0.717) is 29.5 Å². The Morgan fingerprint density at radius 2 is 1.79 bits per heavy atom. The zero-order valence-electron chi connectivity index (χ0n) is 17.9. The van der Waals surface area contributed by atoms with Gasteiger partial charge in [-0.05, 0) is 42.0 Å². The molecule has 2 aliphatic rings. The van der Waals surface area contributed by atoms with Crippen LogP contribution in [0, 0.1) is 0 Å². The molecule has 1 N–H and O–H groups in total. The molecule has 0 radical (unpaired) electrons. The molecule has 9 heteroatoms. The Morgan fingerprint density at radius 1 is 1.03 bits per heavy atom. The molecule has 0 unspecified atom stereocenters. The first-order valence-corrected chi connectivity index (χ1v) is 11.2. The second kappa shape index (κ2) is 9.25. The van der Waals surface area contributed by atoms with Gasteiger partial charge in [-0.2, -0.15) is 0 Å². The molecule has 1 aromatic heterocycles. The first-order chi connectivity index (χ1) is 16.0. The Hall–Kier alpha value is -3.36. The van der Waals surface area contributed by atoms with Crippen LogP contribution in [-0.2, 0) is 17.8 Å². The van der Waals surface area contributed by atoms with Crippen molar-refractivity contribution in [3.05, 3.63) is 75.2 Å². The number of rotatable bonds is 5. The number of carbonyl (C=O) groups is 1. The van der Waals surface area contributed by atoms with Gasteiger partial charge in [0.1, 0.15) is 5.82 Å². The average Bonchev–Trinajstić information content (AvgIpc) is 3.29. The van der Waals surface area contributed by atoms with Crippen molar-refractivity contribution in [1.29, 1.82) is 0 Å². The summed E-state index contributed by atoms with van der Waals surface area (Å²) in [6.07, 6.45) is 1.52. The molecule has 33 heavy (non-hydrogen) atoms. The zero-order chi connectivity index (χ0) is 22.8. The minimum atomic E-state index is -0.301. The fourth-order valence-electron chi connectivity index (χ4n) is 4.03. The normalized spacial score (nSPS) is 15.6. The fourth-order valence-corrected chi connectivity index (χ4v) is 4.16. The average molecular weight is 467 g/mol. The summed E-state index contributed by atoms with van der Waals surface area (Å²) >= 11 is 5.91. The molecule has 1 amide bonds. The van der Waals surface area contributed by atoms with E-state index < -0.39 is 0 Å². The Bertz CT molecular complexity index is 1220. The number of hydrogen-bond donors (Lipinski definition) is 1. The molecular formula is C24H23ClN4O4. The van der Waals surface area contributed by atoms with Crippen LogP contribution >= 0.6 is 11.6 Å². The van der Waals surface area contributed by atoms with Crippen LogP contribution in [0.15, 0.2) is 53.5 Å². The third kappa shape index (κ3) is 4.86. The molecular weight excluding hydrogens is 444 g/mol. The number of aromatic nitrogens is 2. The third-order valence-electron chi connectivity index (χ3n) is 5.90. The number of ether oxygens (including phenoxy) is 2. The Morgan fingerprint density at radius 3 is 2.55 bits per heavy atom. The van der Waals surface area contributed by atoms with Crippen molar-refractivity contribution in [2.75, 3.05) is 33.0 Å². The lowest BCUT2D eigenvalue weighted by Gasteiger charge is -2.34. The smallest absolute Gasteiger partial charge is 0.254 e. The molecule has 0 spiro atoms. The Labute approximate surface area is 195 Å². The van der Waals surface area contributed by atoms with Crippen LogP contribution in [0.25, 0.3) is 11.4 Å². The summed E-state index contributed by atoms with van der Waals surface area (Å²) in [4.78, 5) is 36.5. The lowest BCUT2D eigenvalue weighted by Crippen LogP contribution is -2.49. The number of nitrogens with zero attached hydrogens (tertiary/aromatic N) is 3. The van der Waals surface area contributed by atoms with Gasteiger partial charge in [0.15, 0.2) is 11.5 Å². The summed E-state index contributed by atoms with van der Waals surface area (Å²) in [7, 11) is 0. The molecule has 0 saturated carbocycles. The standard InChI is InChI=1S/C24H23ClN4O4/c25-19-4-2-17(3-5-19)23-26-13-18(24(31)27-23)12-22(30)29-9-7-28(8-10-29)14-16-1-6-20-21(11-16)33-15-32-20/h1-6,11,13H,7-10,12,14-15H2,(H,26,27,31). The maximum absolute atomic E-state index is 12.8. The monoisotopic (exact) mass is 466 g/mol. The fraction of sp³-hybridized carbons (Fsp3) is 0.292. The van der Waals surface area contributed by atoms with E-state index in [9.17, 15) is 9.59 Å². The van der Waals surface area contributed by atoms with Crippen LogP contribution in [-0.4, -0.2) is 58.6 Å². The highest BCUT2D eigenvalue weighted by Gasteiger charge is 2.23. The van der Waals surface area contributed by atoms with Gasteiger partial charge in [-0.15, -0.1) is 0 Å². The summed E-state index contributed by atoms with van der Waals surface area (Å²) in [6, 6.07) is 13.0. The Balaban J connectivity index is 1.16. The summed E-state index contributed by atoms with van der Waals surface area (Å²) in [6.45, 7) is 3.83. The molecule has 170 valence electrons. The van der Waals surface area contributed by atoms with Crippen LogP contribution in [0.5, 0.6) is 11.5 Å². The topological polar surface area (TPSA) is 87.8 Å². The van der Waals surface area contributed by atoms with Gasteiger partial charge in [0.2, 0.25) is 12.7 Å². The number of amides is 1. The summed E-state index contributed by atoms with van der Waals surface area (Å²) in [5.41, 5.74) is 1.97. The Kier molecular flexibility index (Phi) is 6.02. The van der Waals surface area contributed by atoms with E-state index >= 15 is 0 Å². The van der Waals surface area contributed by atoms with Crippen molar-refractivity contribution in [3.8, 4) is 22.9 Å². The highest BCUT2D eigenvalue weighted by molar-refractivity contribution is 6.30. The van der Waals surface area contributed by atoms with Crippen LogP contribution < -0.4 is 15.0 Å². The van der Waals surface area contributed by atoms with Crippen molar-refractivity contribution in [3.63, 3.8) is 0 Å². The molecule has 3 aromatic rings. The van der Waals surface area contributed by atoms with E-state index in [4.69, 9.17) is 21.1 Å². The van der Waals surface area contributed by atoms with Crippen LogP contribution in [0.2, 0.25) is 5.02 Å². The molecule has 8 nitrogen and oxygen atoms in total. The van der Waals surface area contributed by atoms with Crippen molar-refractivity contribution in [2.45, 2.75) is 13.0 Å². The number of benzene rings is 2. The van der Waals surface area contributed by atoms with Gasteiger partial charge in [-0.3, -0.25) is 14.5 Å². The molecule has 2 aromatic carbocycles. The molecule has 1 fully saturated rings. The first kappa shape index (κ1) is 21.5. The minimum Gasteiger partial charge on any atom is -0.454 e. The number of halogens is 1. The van der Waals surface area contributed by atoms with E-state index in [-0.39, 0.29) is 24.7 Å². The number of fused-ring (bicyclic) bond motifs is 1. The van der Waals surface area contributed by atoms with Gasteiger partial charge in [0.05, 0.1) is 6.42 Å². The van der Waals surface area contributed by atoms with Gasteiger partial charge < -0.3 is 19.4 Å². The number of H-pyrrole nitrogens is 1. The number of carbonyl (C=O) groups excluding carboxylic acids is 1. The van der Waals surface area contributed by atoms with Crippen LogP contribution in [0.4, 0.5) is 0 Å². The molecule has 1 saturated heterocycles. The number of piperazine rings is 1. The maximum atomic E-state index is 12.8. The van der Waals surface area contributed by atoms with Gasteiger partial charge in [-0.1, -0.05) is 17.7 Å². The van der Waals surface area contributed by atoms with Crippen LogP contribution in [0.1, 0.15) is 11.1 Å². The molecule has 3 heterocycles. The van der Waals surface area contributed by atoms with Crippen LogP contribution in [0.3, 0.4) is 0 Å². The highest BCUT2D eigenvalue weighted by Crippen LogP contribution is 2.32. The minimum absolute atomic E-state index is 0.0331. The molecule has 5 rings (SSSR count). The predicted molar refractivity (Wildman–Crippen MR) is 123 cm³/mol. The quantitative estimate of drug-likeness (QED) is 0.622. The number of nitrogens with one attached hydrogen (secondary N) is 1. The number of aromatic amines is 1. The van der Waals surface area contributed by atoms with Crippen molar-refractivity contribution < 1.29 is 14.3 Å². The molecule has 0 atom stereocenters. The van der Waals surface area contributed by atoms with Crippen molar-refractivity contribution >= 4 is 17.5 Å². The number of hydrogen-bond acceptors (Lipinski definition) is 6. The van der Waals surface area contributed by atoms with E-state index in [1.165, 1.54) is 6.20 Å². The van der Waals surface area contributed by atoms with Crippen molar-refractivity contribution in [1.82, 2.24) is 19.8 Å². The zero-order valence-corrected chi connectivity index (χ0v) is 18.7. The lowest BCUT2D eigenvalue weighted by molar-refractivity contribution is -0.132. The van der Waals surface area contributed by atoms with E-state index in [2.05, 4.69) is 14.9 Å². The lowest BCUT2D eigenvalue weighted by atomic mass is 10.1. The molecule has 2 aliphatic heterocycles. The SMILES string of the molecule is O=C(Cc1cnc(-c2ccc(Cl)cc2)[nH]c1=O)N1CCN(Cc2ccc3c(c2)OCO3)CC1.